The van der Waals surface area contributed by atoms with Crippen LogP contribution >= 0.6 is 75.5 Å². The molecule has 1 saturated heterocycles. The van der Waals surface area contributed by atoms with Crippen LogP contribution in [0.15, 0.2) is 83.5 Å². The second-order valence-electron chi connectivity index (χ2n) is 7.12. The van der Waals surface area contributed by atoms with E-state index in [1.165, 1.54) is 4.90 Å². The smallest absolute Gasteiger partial charge is 0.293 e. The van der Waals surface area contributed by atoms with Gasteiger partial charge in [-0.25, -0.2) is 0 Å². The van der Waals surface area contributed by atoms with Crippen LogP contribution in [-0.4, -0.2) is 16.0 Å². The van der Waals surface area contributed by atoms with Gasteiger partial charge in [0.15, 0.2) is 0 Å². The number of thioether (sulfide) groups is 1. The van der Waals surface area contributed by atoms with Crippen LogP contribution in [0.1, 0.15) is 16.7 Å². The normalized spacial score (nSPS) is 14.9. The van der Waals surface area contributed by atoms with Gasteiger partial charge in [0.2, 0.25) is 0 Å². The van der Waals surface area contributed by atoms with Crippen LogP contribution in [-0.2, 0) is 17.9 Å². The largest absolute Gasteiger partial charge is 0.487 e. The van der Waals surface area contributed by atoms with Gasteiger partial charge in [0.25, 0.3) is 11.1 Å². The van der Waals surface area contributed by atoms with E-state index in [-0.39, 0.29) is 17.7 Å². The molecule has 0 atom stereocenters. The molecule has 0 bridgehead atoms. The average Bonchev–Trinajstić information content (AvgIpc) is 3.03. The first-order chi connectivity index (χ1) is 15.8. The fourth-order valence-electron chi connectivity index (χ4n) is 3.10. The Labute approximate surface area is 229 Å². The summed E-state index contributed by atoms with van der Waals surface area (Å²) in [6.45, 7) is 0.657. The Morgan fingerprint density at radius 2 is 1.36 bits per heavy atom. The summed E-state index contributed by atoms with van der Waals surface area (Å²) < 4.78 is 9.43. The van der Waals surface area contributed by atoms with E-state index < -0.39 is 0 Å². The van der Waals surface area contributed by atoms with E-state index in [1.807, 2.05) is 60.7 Å². The third-order valence-electron chi connectivity index (χ3n) is 4.74. The van der Waals surface area contributed by atoms with E-state index in [1.54, 1.807) is 6.08 Å². The molecule has 33 heavy (non-hydrogen) atoms. The van der Waals surface area contributed by atoms with Crippen molar-refractivity contribution in [1.29, 1.82) is 0 Å². The van der Waals surface area contributed by atoms with E-state index in [9.17, 15) is 9.59 Å². The minimum absolute atomic E-state index is 0.242. The van der Waals surface area contributed by atoms with Crippen molar-refractivity contribution in [2.75, 3.05) is 0 Å². The molecule has 3 aromatic rings. The molecule has 9 heteroatoms. The van der Waals surface area contributed by atoms with Crippen LogP contribution in [0.2, 0.25) is 0 Å². The van der Waals surface area contributed by atoms with Crippen molar-refractivity contribution in [2.24, 2.45) is 0 Å². The number of hydrogen-bond acceptors (Lipinski definition) is 4. The minimum atomic E-state index is -0.296. The molecule has 0 aliphatic carbocycles. The van der Waals surface area contributed by atoms with Crippen LogP contribution in [0.4, 0.5) is 4.79 Å². The van der Waals surface area contributed by atoms with Gasteiger partial charge < -0.3 is 4.74 Å². The molecule has 3 aromatic carbocycles. The van der Waals surface area contributed by atoms with Gasteiger partial charge in [0.1, 0.15) is 12.4 Å². The monoisotopic (exact) mass is 713 g/mol. The number of carbonyl (C=O) groups is 2. The SMILES string of the molecule is O=C1S/C(=C\c2cc(Br)c(OCc3ccc(Br)cc3)c(Br)c2)C(=O)N1Cc1ccc(Br)cc1. The number of benzene rings is 3. The molecular formula is C24H15Br4NO3S. The maximum atomic E-state index is 12.9. The van der Waals surface area contributed by atoms with Gasteiger partial charge in [-0.1, -0.05) is 56.1 Å². The molecule has 168 valence electrons. The lowest BCUT2D eigenvalue weighted by Crippen LogP contribution is -2.27. The number of nitrogens with zero attached hydrogens (tertiary/aromatic N) is 1. The highest BCUT2D eigenvalue weighted by atomic mass is 79.9. The van der Waals surface area contributed by atoms with E-state index in [4.69, 9.17) is 4.74 Å². The zero-order chi connectivity index (χ0) is 23.5. The van der Waals surface area contributed by atoms with Gasteiger partial charge in [-0.3, -0.25) is 14.5 Å². The molecule has 0 radical (unpaired) electrons. The second-order valence-corrected chi connectivity index (χ2v) is 11.7. The number of imide groups is 1. The molecule has 4 nitrogen and oxygen atoms in total. The number of carbonyl (C=O) groups excluding carboxylic acids is 2. The Bertz CT molecular complexity index is 1220. The first-order valence-corrected chi connectivity index (χ1v) is 13.6. The summed E-state index contributed by atoms with van der Waals surface area (Å²) in [6.07, 6.45) is 1.72. The summed E-state index contributed by atoms with van der Waals surface area (Å²) in [6, 6.07) is 19.2. The summed E-state index contributed by atoms with van der Waals surface area (Å²) in [5, 5.41) is -0.276. The molecule has 1 aliphatic rings. The lowest BCUT2D eigenvalue weighted by atomic mass is 10.2. The Morgan fingerprint density at radius 3 is 1.94 bits per heavy atom. The third kappa shape index (κ3) is 6.19. The summed E-state index contributed by atoms with van der Waals surface area (Å²) >= 11 is 14.9. The maximum absolute atomic E-state index is 12.9. The first kappa shape index (κ1) is 24.7. The predicted octanol–water partition coefficient (Wildman–Crippen LogP) is 8.55. The molecule has 0 spiro atoms. The minimum Gasteiger partial charge on any atom is -0.487 e. The van der Waals surface area contributed by atoms with Gasteiger partial charge in [-0.15, -0.1) is 0 Å². The number of rotatable bonds is 6. The molecule has 1 fully saturated rings. The van der Waals surface area contributed by atoms with Crippen molar-refractivity contribution in [1.82, 2.24) is 4.90 Å². The lowest BCUT2D eigenvalue weighted by molar-refractivity contribution is -0.123. The van der Waals surface area contributed by atoms with Crippen molar-refractivity contribution in [3.63, 3.8) is 0 Å². The first-order valence-electron chi connectivity index (χ1n) is 9.66. The van der Waals surface area contributed by atoms with Crippen LogP contribution in [0.3, 0.4) is 0 Å². The van der Waals surface area contributed by atoms with Crippen molar-refractivity contribution in [3.8, 4) is 5.75 Å². The average molecular weight is 717 g/mol. The highest BCUT2D eigenvalue weighted by Crippen LogP contribution is 2.38. The van der Waals surface area contributed by atoms with Crippen LogP contribution in [0, 0.1) is 0 Å². The predicted molar refractivity (Wildman–Crippen MR) is 146 cm³/mol. The Balaban J connectivity index is 1.49. The summed E-state index contributed by atoms with van der Waals surface area (Å²) in [5.41, 5.74) is 2.71. The Hall–Kier alpha value is -1.39. The number of amides is 2. The second kappa shape index (κ2) is 10.9. The van der Waals surface area contributed by atoms with Crippen LogP contribution < -0.4 is 4.74 Å². The van der Waals surface area contributed by atoms with Crippen molar-refractivity contribution >= 4 is 92.7 Å². The topological polar surface area (TPSA) is 46.6 Å². The van der Waals surface area contributed by atoms with Gasteiger partial charge in [0.05, 0.1) is 20.4 Å². The summed E-state index contributed by atoms with van der Waals surface area (Å²) in [4.78, 5) is 27.0. The molecule has 0 saturated carbocycles. The fourth-order valence-corrected chi connectivity index (χ4v) is 5.91. The maximum Gasteiger partial charge on any atom is 0.293 e. The Morgan fingerprint density at radius 1 is 0.818 bits per heavy atom. The molecule has 1 heterocycles. The van der Waals surface area contributed by atoms with Gasteiger partial charge >= 0.3 is 0 Å². The zero-order valence-corrected chi connectivity index (χ0v) is 24.0. The van der Waals surface area contributed by atoms with Crippen LogP contribution in [0.25, 0.3) is 6.08 Å². The van der Waals surface area contributed by atoms with Crippen molar-refractivity contribution < 1.29 is 14.3 Å². The standard InChI is InChI=1S/C24H15Br4NO3S/c25-17-5-1-14(2-6-17)12-29-23(30)21(33-24(29)31)11-16-9-19(27)22(20(28)10-16)32-13-15-3-7-18(26)8-4-15/h1-11H,12-13H2/b21-11-. The molecule has 1 aliphatic heterocycles. The fraction of sp³-hybridized carbons (Fsp3) is 0.0833. The van der Waals surface area contributed by atoms with Crippen molar-refractivity contribution in [3.05, 3.63) is 100 Å². The van der Waals surface area contributed by atoms with E-state index in [0.717, 1.165) is 46.3 Å². The molecule has 4 rings (SSSR count). The zero-order valence-electron chi connectivity index (χ0n) is 16.9. The van der Waals surface area contributed by atoms with Gasteiger partial charge in [-0.2, -0.15) is 0 Å². The van der Waals surface area contributed by atoms with Gasteiger partial charge in [0, 0.05) is 8.95 Å². The summed E-state index contributed by atoms with van der Waals surface area (Å²) in [5.74, 6) is 0.370. The summed E-state index contributed by atoms with van der Waals surface area (Å²) in [7, 11) is 0. The van der Waals surface area contributed by atoms with Crippen molar-refractivity contribution in [2.45, 2.75) is 13.2 Å². The quantitative estimate of drug-likeness (QED) is 0.240. The van der Waals surface area contributed by atoms with E-state index in [0.29, 0.717) is 17.3 Å². The third-order valence-corrected chi connectivity index (χ3v) is 7.89. The molecule has 2 amide bonds. The highest BCUT2D eigenvalue weighted by Gasteiger charge is 2.35. The number of hydrogen-bond donors (Lipinski definition) is 0. The molecular weight excluding hydrogens is 702 g/mol. The van der Waals surface area contributed by atoms with E-state index in [2.05, 4.69) is 63.7 Å². The molecule has 0 aromatic heterocycles. The number of halogens is 4. The van der Waals surface area contributed by atoms with Gasteiger partial charge in [-0.05, 0) is 103 Å². The highest BCUT2D eigenvalue weighted by molar-refractivity contribution is 9.11. The lowest BCUT2D eigenvalue weighted by Gasteiger charge is -2.13. The molecule has 0 unspecified atom stereocenters. The number of ether oxygens (including phenoxy) is 1. The molecule has 0 N–H and O–H groups in total. The van der Waals surface area contributed by atoms with Crippen LogP contribution in [0.5, 0.6) is 5.75 Å². The van der Waals surface area contributed by atoms with E-state index >= 15 is 0 Å². The Kier molecular flexibility index (Phi) is 8.17.